The van der Waals surface area contributed by atoms with Crippen molar-refractivity contribution in [2.75, 3.05) is 43.6 Å². The first kappa shape index (κ1) is 16.9. The van der Waals surface area contributed by atoms with Gasteiger partial charge in [-0.1, -0.05) is 6.07 Å². The van der Waals surface area contributed by atoms with Crippen molar-refractivity contribution in [1.82, 2.24) is 4.98 Å². The van der Waals surface area contributed by atoms with Crippen molar-refractivity contribution in [3.8, 4) is 0 Å². The van der Waals surface area contributed by atoms with Crippen LogP contribution in [-0.4, -0.2) is 50.3 Å². The lowest BCUT2D eigenvalue weighted by molar-refractivity contribution is 0.0600. The van der Waals surface area contributed by atoms with Crippen molar-refractivity contribution < 1.29 is 19.1 Å². The van der Waals surface area contributed by atoms with Crippen molar-refractivity contribution in [3.63, 3.8) is 0 Å². The van der Waals surface area contributed by atoms with Gasteiger partial charge in [-0.2, -0.15) is 0 Å². The Balaban J connectivity index is 1.68. The molecule has 7 nitrogen and oxygen atoms in total. The lowest BCUT2D eigenvalue weighted by atomic mass is 10.2. The van der Waals surface area contributed by atoms with Gasteiger partial charge in [0.2, 0.25) is 0 Å². The van der Waals surface area contributed by atoms with Crippen molar-refractivity contribution in [3.05, 3.63) is 53.9 Å². The summed E-state index contributed by atoms with van der Waals surface area (Å²) < 4.78 is 10.00. The third-order valence-corrected chi connectivity index (χ3v) is 3.90. The molecule has 1 aliphatic heterocycles. The molecule has 2 heterocycles. The molecule has 0 bridgehead atoms. The number of nitrogens with zero attached hydrogens (tertiary/aromatic N) is 2. The fourth-order valence-electron chi connectivity index (χ4n) is 2.57. The number of amides is 1. The van der Waals surface area contributed by atoms with E-state index in [1.165, 1.54) is 7.11 Å². The van der Waals surface area contributed by atoms with Gasteiger partial charge in [-0.25, -0.2) is 9.78 Å². The average Bonchev–Trinajstić information content (AvgIpc) is 2.68. The predicted molar refractivity (Wildman–Crippen MR) is 93.0 cm³/mol. The number of anilines is 2. The summed E-state index contributed by atoms with van der Waals surface area (Å²) in [6.45, 7) is 3.01. The van der Waals surface area contributed by atoms with Crippen LogP contribution in [0.15, 0.2) is 42.6 Å². The smallest absolute Gasteiger partial charge is 0.337 e. The van der Waals surface area contributed by atoms with Crippen LogP contribution in [0.25, 0.3) is 0 Å². The van der Waals surface area contributed by atoms with Gasteiger partial charge in [0.05, 0.1) is 37.8 Å². The maximum absolute atomic E-state index is 12.3. The molecule has 1 amide bonds. The van der Waals surface area contributed by atoms with Gasteiger partial charge in [-0.3, -0.25) is 4.79 Å². The molecule has 1 saturated heterocycles. The molecule has 2 aromatic rings. The van der Waals surface area contributed by atoms with Gasteiger partial charge in [0, 0.05) is 18.8 Å². The van der Waals surface area contributed by atoms with E-state index in [2.05, 4.69) is 19.9 Å². The summed E-state index contributed by atoms with van der Waals surface area (Å²) in [6, 6.07) is 10.1. The Morgan fingerprint density at radius 2 is 2.00 bits per heavy atom. The first-order valence-electron chi connectivity index (χ1n) is 7.96. The third-order valence-electron chi connectivity index (χ3n) is 3.90. The largest absolute Gasteiger partial charge is 0.465 e. The van der Waals surface area contributed by atoms with Crippen molar-refractivity contribution in [2.24, 2.45) is 0 Å². The van der Waals surface area contributed by atoms with E-state index in [1.54, 1.807) is 36.5 Å². The lowest BCUT2D eigenvalue weighted by Gasteiger charge is -2.28. The Bertz CT molecular complexity index is 755. The molecule has 7 heteroatoms. The minimum Gasteiger partial charge on any atom is -0.465 e. The highest BCUT2D eigenvalue weighted by Gasteiger charge is 2.14. The highest BCUT2D eigenvalue weighted by Crippen LogP contribution is 2.16. The van der Waals surface area contributed by atoms with Gasteiger partial charge < -0.3 is 19.7 Å². The van der Waals surface area contributed by atoms with Crippen molar-refractivity contribution in [1.29, 1.82) is 0 Å². The molecule has 0 spiro atoms. The molecule has 1 fully saturated rings. The SMILES string of the molecule is COC(=O)c1cccc(NC(=O)c2ccc(N3CCOCC3)cn2)c1. The standard InChI is InChI=1S/C18H19N3O4/c1-24-18(23)13-3-2-4-14(11-13)20-17(22)16-6-5-15(12-19-16)21-7-9-25-10-8-21/h2-6,11-12H,7-10H2,1H3,(H,20,22). The van der Waals surface area contributed by atoms with E-state index in [0.717, 1.165) is 18.8 Å². The van der Waals surface area contributed by atoms with Crippen LogP contribution in [-0.2, 0) is 9.47 Å². The zero-order valence-electron chi connectivity index (χ0n) is 13.9. The number of aromatic nitrogens is 1. The van der Waals surface area contributed by atoms with Crippen LogP contribution in [0.1, 0.15) is 20.8 Å². The molecular weight excluding hydrogens is 322 g/mol. The van der Waals surface area contributed by atoms with E-state index in [0.29, 0.717) is 30.2 Å². The van der Waals surface area contributed by atoms with E-state index >= 15 is 0 Å². The summed E-state index contributed by atoms with van der Waals surface area (Å²) in [5, 5.41) is 2.73. The maximum atomic E-state index is 12.3. The summed E-state index contributed by atoms with van der Waals surface area (Å²) in [5.41, 5.74) is 2.15. The molecule has 0 atom stereocenters. The number of ether oxygens (including phenoxy) is 2. The fraction of sp³-hybridized carbons (Fsp3) is 0.278. The van der Waals surface area contributed by atoms with E-state index in [9.17, 15) is 9.59 Å². The number of morpholine rings is 1. The minimum absolute atomic E-state index is 0.306. The van der Waals surface area contributed by atoms with Crippen LogP contribution in [0.5, 0.6) is 0 Å². The fourth-order valence-corrected chi connectivity index (χ4v) is 2.57. The molecule has 1 N–H and O–H groups in total. The van der Waals surface area contributed by atoms with Crippen LogP contribution in [0.2, 0.25) is 0 Å². The van der Waals surface area contributed by atoms with E-state index in [1.807, 2.05) is 6.07 Å². The Morgan fingerprint density at radius 3 is 2.68 bits per heavy atom. The van der Waals surface area contributed by atoms with Gasteiger partial charge >= 0.3 is 5.97 Å². The number of esters is 1. The lowest BCUT2D eigenvalue weighted by Crippen LogP contribution is -2.36. The first-order valence-corrected chi connectivity index (χ1v) is 7.96. The maximum Gasteiger partial charge on any atom is 0.337 e. The summed E-state index contributed by atoms with van der Waals surface area (Å²) in [5.74, 6) is -0.792. The summed E-state index contributed by atoms with van der Waals surface area (Å²) >= 11 is 0. The minimum atomic E-state index is -0.455. The van der Waals surface area contributed by atoms with Crippen molar-refractivity contribution in [2.45, 2.75) is 0 Å². The van der Waals surface area contributed by atoms with Crippen LogP contribution in [0.4, 0.5) is 11.4 Å². The Kier molecular flexibility index (Phi) is 5.25. The number of carbonyl (C=O) groups is 2. The normalized spacial score (nSPS) is 14.0. The molecule has 1 aromatic carbocycles. The zero-order valence-corrected chi connectivity index (χ0v) is 13.9. The second kappa shape index (κ2) is 7.76. The number of rotatable bonds is 4. The Labute approximate surface area is 145 Å². The zero-order chi connectivity index (χ0) is 17.6. The predicted octanol–water partition coefficient (Wildman–Crippen LogP) is 1.96. The number of hydrogen-bond donors (Lipinski definition) is 1. The highest BCUT2D eigenvalue weighted by molar-refractivity contribution is 6.03. The number of benzene rings is 1. The Hall–Kier alpha value is -2.93. The van der Waals surface area contributed by atoms with Crippen LogP contribution in [0, 0.1) is 0 Å². The molecule has 0 saturated carbocycles. The number of hydrogen-bond acceptors (Lipinski definition) is 6. The highest BCUT2D eigenvalue weighted by atomic mass is 16.5. The summed E-state index contributed by atoms with van der Waals surface area (Å²) in [4.78, 5) is 30.3. The average molecular weight is 341 g/mol. The number of carbonyl (C=O) groups excluding carboxylic acids is 2. The summed E-state index contributed by atoms with van der Waals surface area (Å²) in [7, 11) is 1.31. The molecular formula is C18H19N3O4. The van der Waals surface area contributed by atoms with Gasteiger partial charge in [-0.05, 0) is 30.3 Å². The molecule has 1 aromatic heterocycles. The summed E-state index contributed by atoms with van der Waals surface area (Å²) in [6.07, 6.45) is 1.69. The van der Waals surface area contributed by atoms with Gasteiger partial charge in [0.25, 0.3) is 5.91 Å². The molecule has 0 unspecified atom stereocenters. The Morgan fingerprint density at radius 1 is 1.20 bits per heavy atom. The topological polar surface area (TPSA) is 80.8 Å². The van der Waals surface area contributed by atoms with Gasteiger partial charge in [0.15, 0.2) is 0 Å². The van der Waals surface area contributed by atoms with E-state index in [4.69, 9.17) is 4.74 Å². The second-order valence-electron chi connectivity index (χ2n) is 5.53. The molecule has 0 radical (unpaired) electrons. The van der Waals surface area contributed by atoms with Crippen LogP contribution >= 0.6 is 0 Å². The quantitative estimate of drug-likeness (QED) is 0.856. The van der Waals surface area contributed by atoms with Crippen molar-refractivity contribution >= 4 is 23.3 Å². The number of nitrogens with one attached hydrogen (secondary N) is 1. The van der Waals surface area contributed by atoms with E-state index in [-0.39, 0.29) is 5.91 Å². The molecule has 130 valence electrons. The monoisotopic (exact) mass is 341 g/mol. The molecule has 3 rings (SSSR count). The van der Waals surface area contributed by atoms with E-state index < -0.39 is 5.97 Å². The number of methoxy groups -OCH3 is 1. The van der Waals surface area contributed by atoms with Gasteiger partial charge in [-0.15, -0.1) is 0 Å². The number of pyridine rings is 1. The van der Waals surface area contributed by atoms with Crippen LogP contribution in [0.3, 0.4) is 0 Å². The molecule has 1 aliphatic rings. The van der Waals surface area contributed by atoms with Crippen LogP contribution < -0.4 is 10.2 Å². The third kappa shape index (κ3) is 4.13. The van der Waals surface area contributed by atoms with Gasteiger partial charge in [0.1, 0.15) is 5.69 Å². The molecule has 0 aliphatic carbocycles. The second-order valence-corrected chi connectivity index (χ2v) is 5.53. The first-order chi connectivity index (χ1) is 12.2. The molecule has 25 heavy (non-hydrogen) atoms.